The summed E-state index contributed by atoms with van der Waals surface area (Å²) in [6.45, 7) is 6.69. The van der Waals surface area contributed by atoms with Crippen LogP contribution in [-0.2, 0) is 4.74 Å². The van der Waals surface area contributed by atoms with E-state index in [1.54, 1.807) is 0 Å². The van der Waals surface area contributed by atoms with E-state index >= 15 is 0 Å². The zero-order valence-electron chi connectivity index (χ0n) is 12.9. The molecular formula is C17H26N2O2. The van der Waals surface area contributed by atoms with Crippen molar-refractivity contribution in [2.45, 2.75) is 44.7 Å². The van der Waals surface area contributed by atoms with E-state index in [-0.39, 0.29) is 0 Å². The molecule has 2 saturated carbocycles. The van der Waals surface area contributed by atoms with Gasteiger partial charge in [-0.3, -0.25) is 4.90 Å². The number of hydrogen-bond acceptors (Lipinski definition) is 4. The predicted octanol–water partition coefficient (Wildman–Crippen LogP) is 2.49. The molecule has 1 aliphatic heterocycles. The van der Waals surface area contributed by atoms with Gasteiger partial charge in [0.2, 0.25) is 0 Å². The van der Waals surface area contributed by atoms with Gasteiger partial charge >= 0.3 is 0 Å². The van der Waals surface area contributed by atoms with E-state index in [0.29, 0.717) is 6.04 Å². The summed E-state index contributed by atoms with van der Waals surface area (Å²) in [5.41, 5.74) is 0.771. The molecule has 1 unspecified atom stereocenters. The Morgan fingerprint density at radius 1 is 1.29 bits per heavy atom. The summed E-state index contributed by atoms with van der Waals surface area (Å²) < 4.78 is 11.4. The fourth-order valence-corrected chi connectivity index (χ4v) is 3.92. The van der Waals surface area contributed by atoms with E-state index in [2.05, 4.69) is 22.3 Å². The van der Waals surface area contributed by atoms with Crippen LogP contribution in [-0.4, -0.2) is 43.8 Å². The average molecular weight is 290 g/mol. The molecule has 2 aliphatic carbocycles. The maximum Gasteiger partial charge on any atom is 0.122 e. The van der Waals surface area contributed by atoms with Crippen LogP contribution in [0.2, 0.25) is 0 Å². The minimum absolute atomic E-state index is 0.346. The molecule has 21 heavy (non-hydrogen) atoms. The Morgan fingerprint density at radius 2 is 2.05 bits per heavy atom. The van der Waals surface area contributed by atoms with Crippen molar-refractivity contribution >= 4 is 0 Å². The molecule has 2 heterocycles. The standard InChI is InChI=1S/C17H26N2O2/c1-13-2-3-16(21-13)15(19-6-8-20-9-7-19)12-18-14-10-17(11-14)4-5-17/h2-3,14-15,18H,4-12H2,1H3. The van der Waals surface area contributed by atoms with Crippen molar-refractivity contribution in [3.05, 3.63) is 23.7 Å². The van der Waals surface area contributed by atoms with Crippen LogP contribution in [0, 0.1) is 12.3 Å². The maximum absolute atomic E-state index is 5.91. The van der Waals surface area contributed by atoms with Gasteiger partial charge in [-0.2, -0.15) is 0 Å². The topological polar surface area (TPSA) is 37.6 Å². The third kappa shape index (κ3) is 2.89. The van der Waals surface area contributed by atoms with Crippen molar-refractivity contribution in [1.82, 2.24) is 10.2 Å². The molecule has 4 nitrogen and oxygen atoms in total. The third-order valence-electron chi connectivity index (χ3n) is 5.49. The largest absolute Gasteiger partial charge is 0.465 e. The van der Waals surface area contributed by atoms with Crippen molar-refractivity contribution in [1.29, 1.82) is 0 Å². The highest BCUT2D eigenvalue weighted by molar-refractivity contribution is 5.12. The highest BCUT2D eigenvalue weighted by Gasteiger charge is 2.52. The lowest BCUT2D eigenvalue weighted by atomic mass is 9.77. The first kappa shape index (κ1) is 13.8. The molecule has 1 aromatic heterocycles. The molecule has 1 aromatic rings. The number of rotatable bonds is 5. The lowest BCUT2D eigenvalue weighted by Gasteiger charge is -2.39. The second-order valence-corrected chi connectivity index (χ2v) is 7.13. The summed E-state index contributed by atoms with van der Waals surface area (Å²) in [4.78, 5) is 2.50. The van der Waals surface area contributed by atoms with Gasteiger partial charge < -0.3 is 14.5 Å². The Bertz CT molecular complexity index is 481. The summed E-state index contributed by atoms with van der Waals surface area (Å²) in [5, 5.41) is 3.78. The summed E-state index contributed by atoms with van der Waals surface area (Å²) >= 11 is 0. The molecule has 1 saturated heterocycles. The Morgan fingerprint density at radius 3 is 2.67 bits per heavy atom. The van der Waals surface area contributed by atoms with Gasteiger partial charge in [0.1, 0.15) is 11.5 Å². The fourth-order valence-electron chi connectivity index (χ4n) is 3.92. The van der Waals surface area contributed by atoms with Gasteiger partial charge in [0.15, 0.2) is 0 Å². The van der Waals surface area contributed by atoms with E-state index in [1.165, 1.54) is 25.7 Å². The molecule has 3 fully saturated rings. The zero-order valence-corrected chi connectivity index (χ0v) is 12.9. The van der Waals surface area contributed by atoms with Crippen LogP contribution in [0.1, 0.15) is 43.2 Å². The van der Waals surface area contributed by atoms with Gasteiger partial charge in [0, 0.05) is 25.7 Å². The summed E-state index contributed by atoms with van der Waals surface area (Å²) in [7, 11) is 0. The number of morpholine rings is 1. The van der Waals surface area contributed by atoms with Crippen molar-refractivity contribution < 1.29 is 9.15 Å². The third-order valence-corrected chi connectivity index (χ3v) is 5.49. The number of aryl methyl sites for hydroxylation is 1. The van der Waals surface area contributed by atoms with Crippen LogP contribution in [0.5, 0.6) is 0 Å². The van der Waals surface area contributed by atoms with Crippen LogP contribution in [0.15, 0.2) is 16.5 Å². The Hall–Kier alpha value is -0.840. The lowest BCUT2D eigenvalue weighted by molar-refractivity contribution is 0.00952. The Kier molecular flexibility index (Phi) is 3.56. The molecule has 1 N–H and O–H groups in total. The van der Waals surface area contributed by atoms with Crippen molar-refractivity contribution in [2.24, 2.45) is 5.41 Å². The first-order valence-corrected chi connectivity index (χ1v) is 8.36. The quantitative estimate of drug-likeness (QED) is 0.904. The van der Waals surface area contributed by atoms with Gasteiger partial charge in [0.05, 0.1) is 19.3 Å². The smallest absolute Gasteiger partial charge is 0.122 e. The van der Waals surface area contributed by atoms with E-state index in [4.69, 9.17) is 9.15 Å². The van der Waals surface area contributed by atoms with Crippen LogP contribution in [0.4, 0.5) is 0 Å². The summed E-state index contributed by atoms with van der Waals surface area (Å²) in [5.74, 6) is 2.10. The van der Waals surface area contributed by atoms with Crippen LogP contribution < -0.4 is 5.32 Å². The summed E-state index contributed by atoms with van der Waals surface area (Å²) in [6.07, 6.45) is 5.71. The van der Waals surface area contributed by atoms with E-state index < -0.39 is 0 Å². The molecule has 0 amide bonds. The molecule has 4 heteroatoms. The van der Waals surface area contributed by atoms with Crippen molar-refractivity contribution in [2.75, 3.05) is 32.8 Å². The van der Waals surface area contributed by atoms with Crippen molar-refractivity contribution in [3.8, 4) is 0 Å². The first-order valence-electron chi connectivity index (χ1n) is 8.36. The van der Waals surface area contributed by atoms with E-state index in [0.717, 1.165) is 55.8 Å². The second-order valence-electron chi connectivity index (χ2n) is 7.13. The molecule has 4 rings (SSSR count). The summed E-state index contributed by atoms with van der Waals surface area (Å²) in [6, 6.07) is 5.29. The monoisotopic (exact) mass is 290 g/mol. The molecule has 3 aliphatic rings. The highest BCUT2D eigenvalue weighted by Crippen LogP contribution is 2.60. The predicted molar refractivity (Wildman–Crippen MR) is 81.3 cm³/mol. The highest BCUT2D eigenvalue weighted by atomic mass is 16.5. The van der Waals surface area contributed by atoms with Crippen LogP contribution in [0.3, 0.4) is 0 Å². The van der Waals surface area contributed by atoms with Gasteiger partial charge in [-0.25, -0.2) is 0 Å². The molecular weight excluding hydrogens is 264 g/mol. The Balaban J connectivity index is 1.39. The average Bonchev–Trinajstić information content (AvgIpc) is 3.15. The van der Waals surface area contributed by atoms with Gasteiger partial charge in [0.25, 0.3) is 0 Å². The molecule has 1 spiro atoms. The molecule has 0 aromatic carbocycles. The number of nitrogens with zero attached hydrogens (tertiary/aromatic N) is 1. The van der Waals surface area contributed by atoms with E-state index in [9.17, 15) is 0 Å². The van der Waals surface area contributed by atoms with Gasteiger partial charge in [-0.05, 0) is 50.2 Å². The minimum Gasteiger partial charge on any atom is -0.465 e. The van der Waals surface area contributed by atoms with Crippen molar-refractivity contribution in [3.63, 3.8) is 0 Å². The maximum atomic E-state index is 5.91. The lowest BCUT2D eigenvalue weighted by Crippen LogP contribution is -2.48. The molecule has 116 valence electrons. The Labute approximate surface area is 126 Å². The number of nitrogens with one attached hydrogen (secondary N) is 1. The van der Waals surface area contributed by atoms with Gasteiger partial charge in [-0.15, -0.1) is 0 Å². The van der Waals surface area contributed by atoms with Crippen LogP contribution in [0.25, 0.3) is 0 Å². The molecule has 1 atom stereocenters. The van der Waals surface area contributed by atoms with Crippen LogP contribution >= 0.6 is 0 Å². The van der Waals surface area contributed by atoms with E-state index in [1.807, 2.05) is 6.92 Å². The number of hydrogen-bond donors (Lipinski definition) is 1. The zero-order chi connectivity index (χ0) is 14.3. The number of furan rings is 1. The molecule has 0 radical (unpaired) electrons. The fraction of sp³-hybridized carbons (Fsp3) is 0.765. The normalized spacial score (nSPS) is 26.7. The molecule has 0 bridgehead atoms. The SMILES string of the molecule is Cc1ccc(C(CNC2CC3(CC3)C2)N2CCOCC2)o1. The minimum atomic E-state index is 0.346. The number of ether oxygens (including phenoxy) is 1. The first-order chi connectivity index (χ1) is 10.2. The second kappa shape index (κ2) is 5.41. The van der Waals surface area contributed by atoms with Gasteiger partial charge in [-0.1, -0.05) is 0 Å².